The summed E-state index contributed by atoms with van der Waals surface area (Å²) >= 11 is 0. The molecule has 138 valence electrons. The first-order valence-corrected chi connectivity index (χ1v) is 9.54. The lowest BCUT2D eigenvalue weighted by Crippen LogP contribution is -2.44. The molecule has 0 amide bonds. The highest BCUT2D eigenvalue weighted by Gasteiger charge is 2.35. The van der Waals surface area contributed by atoms with Gasteiger partial charge in [-0.3, -0.25) is 0 Å². The van der Waals surface area contributed by atoms with Crippen molar-refractivity contribution in [3.8, 4) is 5.75 Å². The predicted octanol–water partition coefficient (Wildman–Crippen LogP) is 2.80. The van der Waals surface area contributed by atoms with Crippen molar-refractivity contribution < 1.29 is 9.84 Å². The van der Waals surface area contributed by atoms with Crippen molar-refractivity contribution in [1.29, 1.82) is 0 Å². The zero-order valence-corrected chi connectivity index (χ0v) is 15.4. The number of methoxy groups -OCH3 is 1. The minimum absolute atomic E-state index is 0.0404. The number of aliphatic hydroxyl groups excluding tert-OH is 1. The number of hydrogen-bond acceptors (Lipinski definition) is 5. The quantitative estimate of drug-likeness (QED) is 0.896. The van der Waals surface area contributed by atoms with Crippen LogP contribution in [-0.4, -0.2) is 41.9 Å². The number of piperidine rings is 1. The number of aryl methyl sites for hydroxylation is 1. The van der Waals surface area contributed by atoms with Crippen LogP contribution in [0.3, 0.4) is 0 Å². The number of aliphatic hydroxyl groups is 1. The van der Waals surface area contributed by atoms with Gasteiger partial charge in [-0.15, -0.1) is 0 Å². The molecule has 2 aromatic rings. The van der Waals surface area contributed by atoms with Gasteiger partial charge in [0.25, 0.3) is 0 Å². The highest BCUT2D eigenvalue weighted by Crippen LogP contribution is 2.38. The summed E-state index contributed by atoms with van der Waals surface area (Å²) in [5.74, 6) is 2.00. The summed E-state index contributed by atoms with van der Waals surface area (Å²) in [5.41, 5.74) is 3.80. The number of hydrogen-bond donors (Lipinski definition) is 1. The first-order valence-electron chi connectivity index (χ1n) is 9.54. The first-order chi connectivity index (χ1) is 12.7. The van der Waals surface area contributed by atoms with Crippen molar-refractivity contribution in [3.05, 3.63) is 47.4 Å². The van der Waals surface area contributed by atoms with E-state index in [1.807, 2.05) is 12.1 Å². The maximum Gasteiger partial charge on any atom is 0.135 e. The van der Waals surface area contributed by atoms with Crippen LogP contribution < -0.4 is 9.64 Å². The van der Waals surface area contributed by atoms with E-state index in [1.165, 1.54) is 23.2 Å². The summed E-state index contributed by atoms with van der Waals surface area (Å²) < 4.78 is 5.24. The number of benzene rings is 1. The Morgan fingerprint density at radius 2 is 1.88 bits per heavy atom. The highest BCUT2D eigenvalue weighted by atomic mass is 16.5. The predicted molar refractivity (Wildman–Crippen MR) is 102 cm³/mol. The van der Waals surface area contributed by atoms with Gasteiger partial charge in [-0.1, -0.05) is 12.1 Å². The molecule has 1 fully saturated rings. The summed E-state index contributed by atoms with van der Waals surface area (Å²) in [5, 5.41) is 10.1. The molecule has 5 heteroatoms. The van der Waals surface area contributed by atoms with Crippen LogP contribution in [0, 0.1) is 5.41 Å². The van der Waals surface area contributed by atoms with Gasteiger partial charge in [-0.25, -0.2) is 9.97 Å². The van der Waals surface area contributed by atoms with Gasteiger partial charge in [0.05, 0.1) is 7.11 Å². The van der Waals surface area contributed by atoms with E-state index in [9.17, 15) is 5.11 Å². The molecule has 1 saturated heterocycles. The Morgan fingerprint density at radius 1 is 1.12 bits per heavy atom. The molecule has 1 aromatic carbocycles. The van der Waals surface area contributed by atoms with Crippen molar-refractivity contribution in [1.82, 2.24) is 9.97 Å². The summed E-state index contributed by atoms with van der Waals surface area (Å²) in [6.45, 7) is 2.12. The molecule has 0 atom stereocenters. The first kappa shape index (κ1) is 17.3. The fourth-order valence-electron chi connectivity index (χ4n) is 4.37. The molecule has 1 N–H and O–H groups in total. The minimum Gasteiger partial charge on any atom is -0.497 e. The second-order valence-electron chi connectivity index (χ2n) is 7.65. The second-order valence-corrected chi connectivity index (χ2v) is 7.65. The summed E-state index contributed by atoms with van der Waals surface area (Å²) in [6, 6.07) is 8.22. The van der Waals surface area contributed by atoms with E-state index in [-0.39, 0.29) is 12.0 Å². The van der Waals surface area contributed by atoms with Crippen LogP contribution in [0.1, 0.15) is 36.1 Å². The molecule has 2 aliphatic rings. The molecule has 0 radical (unpaired) electrons. The number of nitrogens with zero attached hydrogens (tertiary/aromatic N) is 3. The molecular weight excluding hydrogens is 326 g/mol. The topological polar surface area (TPSA) is 58.5 Å². The fraction of sp³-hybridized carbons (Fsp3) is 0.524. The van der Waals surface area contributed by atoms with Crippen molar-refractivity contribution in [2.75, 3.05) is 31.7 Å². The van der Waals surface area contributed by atoms with Gasteiger partial charge in [-0.05, 0) is 56.2 Å². The van der Waals surface area contributed by atoms with Gasteiger partial charge >= 0.3 is 0 Å². The molecule has 0 unspecified atom stereocenters. The Bertz CT molecular complexity index is 752. The zero-order chi connectivity index (χ0) is 18.0. The molecule has 1 aliphatic heterocycles. The summed E-state index contributed by atoms with van der Waals surface area (Å²) in [6.07, 6.45) is 7.94. The van der Waals surface area contributed by atoms with E-state index in [0.717, 1.165) is 56.8 Å². The number of aromatic nitrogens is 2. The zero-order valence-electron chi connectivity index (χ0n) is 15.4. The van der Waals surface area contributed by atoms with E-state index < -0.39 is 0 Å². The van der Waals surface area contributed by atoms with Crippen molar-refractivity contribution in [2.24, 2.45) is 5.41 Å². The second kappa shape index (κ2) is 7.23. The third-order valence-corrected chi connectivity index (χ3v) is 6.05. The molecule has 26 heavy (non-hydrogen) atoms. The van der Waals surface area contributed by atoms with Crippen LogP contribution in [0.25, 0.3) is 0 Å². The largest absolute Gasteiger partial charge is 0.497 e. The lowest BCUT2D eigenvalue weighted by molar-refractivity contribution is 0.0960. The number of ether oxygens (including phenoxy) is 1. The Labute approximate surface area is 155 Å². The third-order valence-electron chi connectivity index (χ3n) is 6.05. The van der Waals surface area contributed by atoms with Crippen molar-refractivity contribution in [3.63, 3.8) is 0 Å². The molecule has 5 nitrogen and oxygen atoms in total. The van der Waals surface area contributed by atoms with Gasteiger partial charge in [0.15, 0.2) is 0 Å². The van der Waals surface area contributed by atoms with Crippen molar-refractivity contribution >= 4 is 5.82 Å². The normalized spacial score (nSPS) is 18.6. The van der Waals surface area contributed by atoms with Crippen LogP contribution in [-0.2, 0) is 19.3 Å². The van der Waals surface area contributed by atoms with Crippen LogP contribution >= 0.6 is 0 Å². The van der Waals surface area contributed by atoms with Crippen LogP contribution in [0.15, 0.2) is 30.6 Å². The highest BCUT2D eigenvalue weighted by molar-refractivity contribution is 5.50. The molecule has 1 aromatic heterocycles. The Morgan fingerprint density at radius 3 is 2.58 bits per heavy atom. The van der Waals surface area contributed by atoms with Gasteiger partial charge in [0.1, 0.15) is 17.9 Å². The smallest absolute Gasteiger partial charge is 0.135 e. The summed E-state index contributed by atoms with van der Waals surface area (Å²) in [4.78, 5) is 11.4. The Kier molecular flexibility index (Phi) is 4.81. The van der Waals surface area contributed by atoms with Crippen LogP contribution in [0.5, 0.6) is 5.75 Å². The Balaban J connectivity index is 1.46. The van der Waals surface area contributed by atoms with E-state index >= 15 is 0 Å². The lowest BCUT2D eigenvalue weighted by atomic mass is 9.74. The van der Waals surface area contributed by atoms with Crippen LogP contribution in [0.2, 0.25) is 0 Å². The number of rotatable bonds is 5. The molecule has 0 spiro atoms. The molecule has 2 heterocycles. The minimum atomic E-state index is -0.0404. The SMILES string of the molecule is COc1ccc(CC2(CO)CCN(c3ncnc4c3CCC4)CC2)cc1. The van der Waals surface area contributed by atoms with E-state index in [0.29, 0.717) is 0 Å². The average molecular weight is 353 g/mol. The van der Waals surface area contributed by atoms with Gasteiger partial charge in [0, 0.05) is 36.4 Å². The lowest BCUT2D eigenvalue weighted by Gasteiger charge is -2.41. The molecular formula is C21H27N3O2. The van der Waals surface area contributed by atoms with Gasteiger partial charge in [0.2, 0.25) is 0 Å². The number of fused-ring (bicyclic) bond motifs is 1. The monoisotopic (exact) mass is 353 g/mol. The third kappa shape index (κ3) is 3.28. The van der Waals surface area contributed by atoms with Crippen LogP contribution in [0.4, 0.5) is 5.82 Å². The maximum atomic E-state index is 10.1. The fourth-order valence-corrected chi connectivity index (χ4v) is 4.37. The summed E-state index contributed by atoms with van der Waals surface area (Å²) in [7, 11) is 1.68. The molecule has 4 rings (SSSR count). The average Bonchev–Trinajstić information content (AvgIpc) is 3.18. The maximum absolute atomic E-state index is 10.1. The molecule has 0 saturated carbocycles. The molecule has 0 bridgehead atoms. The number of anilines is 1. The van der Waals surface area contributed by atoms with Gasteiger partial charge in [-0.2, -0.15) is 0 Å². The Hall–Kier alpha value is -2.14. The van der Waals surface area contributed by atoms with Gasteiger partial charge < -0.3 is 14.7 Å². The molecule has 1 aliphatic carbocycles. The van der Waals surface area contributed by atoms with Crippen molar-refractivity contribution in [2.45, 2.75) is 38.5 Å². The standard InChI is InChI=1S/C21H27N3O2/c1-26-17-7-5-16(6-8-17)13-21(14-25)9-11-24(12-10-21)20-18-3-2-4-19(18)22-15-23-20/h5-8,15,25H,2-4,9-14H2,1H3. The van der Waals surface area contributed by atoms with E-state index in [2.05, 4.69) is 27.0 Å². The van der Waals surface area contributed by atoms with E-state index in [1.54, 1.807) is 13.4 Å². The van der Waals surface area contributed by atoms with E-state index in [4.69, 9.17) is 4.74 Å².